The van der Waals surface area contributed by atoms with Crippen LogP contribution in [0.15, 0.2) is 75.5 Å². The number of methoxy groups -OCH3 is 2. The van der Waals surface area contributed by atoms with Gasteiger partial charge in [0.1, 0.15) is 16.3 Å². The van der Waals surface area contributed by atoms with E-state index in [0.717, 1.165) is 24.0 Å². The van der Waals surface area contributed by atoms with Gasteiger partial charge in [0.25, 0.3) is 15.9 Å². The van der Waals surface area contributed by atoms with Crippen LogP contribution in [-0.4, -0.2) is 46.6 Å². The lowest BCUT2D eigenvalue weighted by molar-refractivity contribution is 0.342. The Balaban J connectivity index is 1.45. The molecule has 38 heavy (non-hydrogen) atoms. The number of para-hydroxylation sites is 1. The van der Waals surface area contributed by atoms with Crippen molar-refractivity contribution in [3.05, 3.63) is 72.2 Å². The zero-order chi connectivity index (χ0) is 27.3. The lowest BCUT2D eigenvalue weighted by Gasteiger charge is -2.12. The Kier molecular flexibility index (Phi) is 8.19. The summed E-state index contributed by atoms with van der Waals surface area (Å²) in [5.74, 6) is 0.498. The number of rotatable bonds is 9. The minimum Gasteiger partial charge on any atom is -0.489 e. The Bertz CT molecular complexity index is 1590. The number of ether oxygens (including phenoxy) is 2. The van der Waals surface area contributed by atoms with Crippen molar-refractivity contribution in [3.8, 4) is 17.3 Å². The van der Waals surface area contributed by atoms with Crippen LogP contribution in [0.2, 0.25) is 0 Å². The van der Waals surface area contributed by atoms with Gasteiger partial charge in [-0.15, -0.1) is 9.63 Å². The van der Waals surface area contributed by atoms with Crippen LogP contribution in [0.4, 0.5) is 17.3 Å². The van der Waals surface area contributed by atoms with E-state index in [9.17, 15) is 8.42 Å². The van der Waals surface area contributed by atoms with Crippen LogP contribution in [0.5, 0.6) is 11.6 Å². The zero-order valence-electron chi connectivity index (χ0n) is 20.4. The Morgan fingerprint density at radius 1 is 1.08 bits per heavy atom. The number of nitrogens with one attached hydrogen (secondary N) is 1. The van der Waals surface area contributed by atoms with Gasteiger partial charge in [-0.05, 0) is 43.3 Å². The van der Waals surface area contributed by atoms with Crippen LogP contribution in [0, 0.1) is 6.92 Å². The summed E-state index contributed by atoms with van der Waals surface area (Å²) in [6, 6.07) is 15.3. The maximum Gasteiger partial charge on any atom is 0.263 e. The lowest BCUT2D eigenvalue weighted by Crippen LogP contribution is -2.15. The molecule has 0 saturated heterocycles. The number of sulfonamides is 1. The molecule has 3 N–H and O–H groups in total. The monoisotopic (exact) mass is 570 g/mol. The van der Waals surface area contributed by atoms with E-state index in [4.69, 9.17) is 27.4 Å². The summed E-state index contributed by atoms with van der Waals surface area (Å²) in [5.41, 5.74) is 8.82. The third-order valence-electron chi connectivity index (χ3n) is 5.13. The topological polar surface area (TPSA) is 159 Å². The summed E-state index contributed by atoms with van der Waals surface area (Å²) in [7, 11) is -1.25. The molecule has 0 aliphatic heterocycles. The number of benzene rings is 2. The number of nitrogen functional groups attached to an aromatic ring is 1. The molecule has 0 radical (unpaired) electrons. The van der Waals surface area contributed by atoms with Crippen molar-refractivity contribution in [1.82, 2.24) is 19.7 Å². The van der Waals surface area contributed by atoms with Gasteiger partial charge in [-0.3, -0.25) is 4.72 Å². The number of thiocarbonyl (C=S) groups is 1. The first kappa shape index (κ1) is 27.0. The molecule has 0 unspecified atom stereocenters. The van der Waals surface area contributed by atoms with Crippen LogP contribution < -0.4 is 19.9 Å². The van der Waals surface area contributed by atoms with Gasteiger partial charge in [0.05, 0.1) is 41.7 Å². The predicted octanol–water partition coefficient (Wildman–Crippen LogP) is 4.48. The van der Waals surface area contributed by atoms with Crippen LogP contribution in [0.25, 0.3) is 5.69 Å². The van der Waals surface area contributed by atoms with Crippen LogP contribution in [-0.2, 0) is 10.0 Å². The molecule has 15 heteroatoms. The molecule has 0 spiro atoms. The molecule has 2 heterocycles. The number of hydrogen-bond acceptors (Lipinski definition) is 12. The van der Waals surface area contributed by atoms with E-state index < -0.39 is 10.0 Å². The van der Waals surface area contributed by atoms with Gasteiger partial charge in [-0.2, -0.15) is 10.1 Å². The SMILES string of the molecule is COc1ncnc(NS(=O)(=O)c2ccc(N=NSC(=S)c3c(C)nn(-c4ccccc4)c3N)cc2)c1OC. The van der Waals surface area contributed by atoms with Gasteiger partial charge < -0.3 is 15.2 Å². The van der Waals surface area contributed by atoms with E-state index in [-0.39, 0.29) is 22.3 Å². The Morgan fingerprint density at radius 3 is 2.45 bits per heavy atom. The normalized spacial score (nSPS) is 11.4. The van der Waals surface area contributed by atoms with Gasteiger partial charge in [0.2, 0.25) is 5.75 Å². The predicted molar refractivity (Wildman–Crippen MR) is 149 cm³/mol. The molecule has 0 atom stereocenters. The molecule has 0 amide bonds. The third-order valence-corrected chi connectivity index (χ3v) is 7.44. The maximum absolute atomic E-state index is 12.8. The first-order valence-electron chi connectivity index (χ1n) is 10.8. The van der Waals surface area contributed by atoms with E-state index >= 15 is 0 Å². The molecule has 0 bridgehead atoms. The largest absolute Gasteiger partial charge is 0.489 e. The van der Waals surface area contributed by atoms with E-state index in [2.05, 4.69) is 29.4 Å². The summed E-state index contributed by atoms with van der Waals surface area (Å²) >= 11 is 6.47. The van der Waals surface area contributed by atoms with Crippen molar-refractivity contribution in [2.24, 2.45) is 9.63 Å². The molecule has 0 aliphatic carbocycles. The summed E-state index contributed by atoms with van der Waals surface area (Å²) < 4.78 is 44.4. The number of aromatic nitrogens is 4. The standard InChI is InChI=1S/C23H22N8O4S3/c1-14-18(20(24)31(28-14)16-7-5-4-6-8-16)23(36)37-30-27-15-9-11-17(12-10-15)38(32,33)29-21-19(34-2)22(35-3)26-13-25-21/h4-13H,24H2,1-3H3,(H,25,26,29). The number of nitrogens with two attached hydrogens (primary N) is 1. The van der Waals surface area contributed by atoms with Crippen LogP contribution in [0.1, 0.15) is 11.3 Å². The smallest absolute Gasteiger partial charge is 0.263 e. The minimum atomic E-state index is -3.99. The number of hydrogen-bond donors (Lipinski definition) is 2. The van der Waals surface area contributed by atoms with Crippen molar-refractivity contribution < 1.29 is 17.9 Å². The molecule has 2 aromatic heterocycles. The first-order valence-corrected chi connectivity index (χ1v) is 13.5. The van der Waals surface area contributed by atoms with Crippen molar-refractivity contribution >= 4 is 55.7 Å². The Hall–Kier alpha value is -4.08. The summed E-state index contributed by atoms with van der Waals surface area (Å²) in [6.45, 7) is 1.81. The second kappa shape index (κ2) is 11.5. The molecule has 4 aromatic rings. The van der Waals surface area contributed by atoms with E-state index in [1.54, 1.807) is 4.68 Å². The van der Waals surface area contributed by atoms with Crippen molar-refractivity contribution in [2.45, 2.75) is 11.8 Å². The van der Waals surface area contributed by atoms with Gasteiger partial charge in [-0.25, -0.2) is 18.1 Å². The van der Waals surface area contributed by atoms with Gasteiger partial charge >= 0.3 is 0 Å². The zero-order valence-corrected chi connectivity index (χ0v) is 22.8. The van der Waals surface area contributed by atoms with Crippen LogP contribution >= 0.6 is 24.2 Å². The number of aryl methyl sites for hydroxylation is 1. The van der Waals surface area contributed by atoms with Gasteiger partial charge in [-0.1, -0.05) is 30.4 Å². The highest BCUT2D eigenvalue weighted by atomic mass is 32.2. The quantitative estimate of drug-likeness (QED) is 0.167. The molecule has 0 fully saturated rings. The molecular weight excluding hydrogens is 549 g/mol. The third kappa shape index (κ3) is 5.74. The van der Waals surface area contributed by atoms with Crippen molar-refractivity contribution in [1.29, 1.82) is 0 Å². The number of anilines is 2. The van der Waals surface area contributed by atoms with E-state index in [1.807, 2.05) is 37.3 Å². The maximum atomic E-state index is 12.8. The lowest BCUT2D eigenvalue weighted by atomic mass is 10.2. The highest BCUT2D eigenvalue weighted by Gasteiger charge is 2.21. The average Bonchev–Trinajstić information content (AvgIpc) is 3.22. The second-order valence-electron chi connectivity index (χ2n) is 7.52. The first-order chi connectivity index (χ1) is 18.2. The average molecular weight is 571 g/mol. The fraction of sp³-hybridized carbons (Fsp3) is 0.130. The van der Waals surface area contributed by atoms with Crippen LogP contribution in [0.3, 0.4) is 0 Å². The summed E-state index contributed by atoms with van der Waals surface area (Å²) in [6.07, 6.45) is 1.16. The fourth-order valence-corrected chi connectivity index (χ4v) is 5.27. The molecule has 4 rings (SSSR count). The van der Waals surface area contributed by atoms with E-state index in [0.29, 0.717) is 27.0 Å². The summed E-state index contributed by atoms with van der Waals surface area (Å²) in [4.78, 5) is 7.80. The van der Waals surface area contributed by atoms with Crippen molar-refractivity contribution in [3.63, 3.8) is 0 Å². The van der Waals surface area contributed by atoms with Crippen molar-refractivity contribution in [2.75, 3.05) is 24.7 Å². The molecule has 0 saturated carbocycles. The fourth-order valence-electron chi connectivity index (χ4n) is 3.35. The molecular formula is C23H22N8O4S3. The van der Waals surface area contributed by atoms with Gasteiger partial charge in [0.15, 0.2) is 5.82 Å². The Morgan fingerprint density at radius 2 is 1.79 bits per heavy atom. The molecule has 196 valence electrons. The molecule has 2 aromatic carbocycles. The highest BCUT2D eigenvalue weighted by molar-refractivity contribution is 8.22. The van der Waals surface area contributed by atoms with E-state index in [1.165, 1.54) is 38.5 Å². The number of nitrogens with zero attached hydrogens (tertiary/aromatic N) is 6. The Labute approximate surface area is 228 Å². The highest BCUT2D eigenvalue weighted by Crippen LogP contribution is 2.32. The summed E-state index contributed by atoms with van der Waals surface area (Å²) in [5, 5.41) is 8.60. The molecule has 12 nitrogen and oxygen atoms in total. The second-order valence-corrected chi connectivity index (χ2v) is 10.6. The minimum absolute atomic E-state index is 0.0176. The van der Waals surface area contributed by atoms with Gasteiger partial charge in [0, 0.05) is 11.9 Å². The molecule has 0 aliphatic rings.